The minimum absolute atomic E-state index is 0.547. The van der Waals surface area contributed by atoms with Crippen LogP contribution in [0, 0.1) is 6.92 Å². The van der Waals surface area contributed by atoms with Crippen molar-refractivity contribution in [3.63, 3.8) is 0 Å². The molecule has 3 rings (SSSR count). The van der Waals surface area contributed by atoms with E-state index < -0.39 is 0 Å². The van der Waals surface area contributed by atoms with E-state index in [0.29, 0.717) is 6.61 Å². The van der Waals surface area contributed by atoms with Crippen molar-refractivity contribution in [3.05, 3.63) is 94.0 Å². The molecule has 3 aromatic carbocycles. The second kappa shape index (κ2) is 7.93. The standard InChI is InChI=1S/C21H18BrNO/c1-16-5-11-20(12-6-16)23-14-18-3-2-4-21(13-18)24-15-17-7-9-19(22)10-8-17/h2-14H,15H2,1H3. The largest absolute Gasteiger partial charge is 0.489 e. The Morgan fingerprint density at radius 1 is 0.958 bits per heavy atom. The van der Waals surface area contributed by atoms with Gasteiger partial charge in [-0.25, -0.2) is 0 Å². The topological polar surface area (TPSA) is 21.6 Å². The predicted molar refractivity (Wildman–Crippen MR) is 103 cm³/mol. The quantitative estimate of drug-likeness (QED) is 0.491. The Bertz CT molecular complexity index is 823. The van der Waals surface area contributed by atoms with Gasteiger partial charge in [0.25, 0.3) is 0 Å². The smallest absolute Gasteiger partial charge is 0.120 e. The monoisotopic (exact) mass is 379 g/mol. The lowest BCUT2D eigenvalue weighted by Gasteiger charge is -2.07. The first-order valence-electron chi connectivity index (χ1n) is 7.77. The molecule has 0 unspecified atom stereocenters. The third-order valence-electron chi connectivity index (χ3n) is 3.57. The van der Waals surface area contributed by atoms with Gasteiger partial charge in [-0.3, -0.25) is 4.99 Å². The van der Waals surface area contributed by atoms with Crippen LogP contribution in [0.25, 0.3) is 0 Å². The molecule has 0 atom stereocenters. The zero-order valence-corrected chi connectivity index (χ0v) is 15.0. The summed E-state index contributed by atoms with van der Waals surface area (Å²) in [6.07, 6.45) is 1.86. The van der Waals surface area contributed by atoms with E-state index in [0.717, 1.165) is 27.0 Å². The molecule has 0 saturated heterocycles. The van der Waals surface area contributed by atoms with Crippen LogP contribution in [0.1, 0.15) is 16.7 Å². The summed E-state index contributed by atoms with van der Waals surface area (Å²) in [6, 6.07) is 24.2. The maximum atomic E-state index is 5.86. The van der Waals surface area contributed by atoms with Gasteiger partial charge in [-0.05, 0) is 54.4 Å². The van der Waals surface area contributed by atoms with Crippen molar-refractivity contribution in [2.24, 2.45) is 4.99 Å². The fourth-order valence-electron chi connectivity index (χ4n) is 2.21. The molecule has 0 aliphatic heterocycles. The lowest BCUT2D eigenvalue weighted by Crippen LogP contribution is -1.95. The average molecular weight is 380 g/mol. The zero-order valence-electron chi connectivity index (χ0n) is 13.4. The van der Waals surface area contributed by atoms with Crippen LogP contribution >= 0.6 is 15.9 Å². The van der Waals surface area contributed by atoms with Gasteiger partial charge in [-0.1, -0.05) is 57.9 Å². The van der Waals surface area contributed by atoms with E-state index in [9.17, 15) is 0 Å². The molecule has 120 valence electrons. The van der Waals surface area contributed by atoms with Crippen molar-refractivity contribution in [2.75, 3.05) is 0 Å². The SMILES string of the molecule is Cc1ccc(N=Cc2cccc(OCc3ccc(Br)cc3)c2)cc1. The highest BCUT2D eigenvalue weighted by atomic mass is 79.9. The number of aryl methyl sites for hydroxylation is 1. The summed E-state index contributed by atoms with van der Waals surface area (Å²) in [5.41, 5.74) is 4.33. The van der Waals surface area contributed by atoms with Crippen LogP contribution in [-0.4, -0.2) is 6.21 Å². The maximum Gasteiger partial charge on any atom is 0.120 e. The number of hydrogen-bond acceptors (Lipinski definition) is 2. The summed E-state index contributed by atoms with van der Waals surface area (Å²) in [5, 5.41) is 0. The molecule has 0 saturated carbocycles. The molecule has 3 aromatic rings. The van der Waals surface area contributed by atoms with Gasteiger partial charge in [-0.15, -0.1) is 0 Å². The normalized spacial score (nSPS) is 10.9. The van der Waals surface area contributed by atoms with Crippen molar-refractivity contribution in [3.8, 4) is 5.75 Å². The summed E-state index contributed by atoms with van der Waals surface area (Å²) in [5.74, 6) is 0.839. The minimum atomic E-state index is 0.547. The van der Waals surface area contributed by atoms with Crippen LogP contribution in [-0.2, 0) is 6.61 Å². The van der Waals surface area contributed by atoms with E-state index >= 15 is 0 Å². The summed E-state index contributed by atoms with van der Waals surface area (Å²) >= 11 is 3.44. The van der Waals surface area contributed by atoms with E-state index in [4.69, 9.17) is 4.74 Å². The Morgan fingerprint density at radius 3 is 2.46 bits per heavy atom. The molecular formula is C21H18BrNO. The first kappa shape index (κ1) is 16.5. The summed E-state index contributed by atoms with van der Waals surface area (Å²) in [6.45, 7) is 2.62. The van der Waals surface area contributed by atoms with E-state index in [1.807, 2.05) is 66.9 Å². The fraction of sp³-hybridized carbons (Fsp3) is 0.0952. The van der Waals surface area contributed by atoms with Gasteiger partial charge in [-0.2, -0.15) is 0 Å². The Kier molecular flexibility index (Phi) is 5.44. The van der Waals surface area contributed by atoms with E-state index in [2.05, 4.69) is 40.0 Å². The highest BCUT2D eigenvalue weighted by Crippen LogP contribution is 2.17. The molecule has 0 amide bonds. The molecule has 0 fully saturated rings. The first-order chi connectivity index (χ1) is 11.7. The average Bonchev–Trinajstić information content (AvgIpc) is 2.61. The molecule has 0 spiro atoms. The molecule has 0 heterocycles. The summed E-state index contributed by atoms with van der Waals surface area (Å²) in [7, 11) is 0. The number of aliphatic imine (C=N–C) groups is 1. The van der Waals surface area contributed by atoms with E-state index in [1.54, 1.807) is 0 Å². The van der Waals surface area contributed by atoms with E-state index in [-0.39, 0.29) is 0 Å². The first-order valence-corrected chi connectivity index (χ1v) is 8.56. The molecule has 0 bridgehead atoms. The van der Waals surface area contributed by atoms with Crippen LogP contribution in [0.3, 0.4) is 0 Å². The van der Waals surface area contributed by atoms with Gasteiger partial charge in [0.2, 0.25) is 0 Å². The van der Waals surface area contributed by atoms with Crippen molar-refractivity contribution in [2.45, 2.75) is 13.5 Å². The molecule has 2 nitrogen and oxygen atoms in total. The van der Waals surface area contributed by atoms with Crippen LogP contribution in [0.15, 0.2) is 82.3 Å². The van der Waals surface area contributed by atoms with Crippen LogP contribution in [0.5, 0.6) is 5.75 Å². The van der Waals surface area contributed by atoms with Crippen LogP contribution in [0.4, 0.5) is 5.69 Å². The molecule has 24 heavy (non-hydrogen) atoms. The van der Waals surface area contributed by atoms with Gasteiger partial charge >= 0.3 is 0 Å². The summed E-state index contributed by atoms with van der Waals surface area (Å²) < 4.78 is 6.93. The highest BCUT2D eigenvalue weighted by molar-refractivity contribution is 9.10. The predicted octanol–water partition coefficient (Wildman–Crippen LogP) is 6.09. The Morgan fingerprint density at radius 2 is 1.71 bits per heavy atom. The molecule has 0 aliphatic rings. The number of ether oxygens (including phenoxy) is 1. The number of hydrogen-bond donors (Lipinski definition) is 0. The molecule has 0 radical (unpaired) electrons. The minimum Gasteiger partial charge on any atom is -0.489 e. The summed E-state index contributed by atoms with van der Waals surface area (Å²) in [4.78, 5) is 4.50. The van der Waals surface area contributed by atoms with Crippen molar-refractivity contribution in [1.29, 1.82) is 0 Å². The number of rotatable bonds is 5. The Labute approximate surface area is 151 Å². The molecule has 3 heteroatoms. The Hall–Kier alpha value is -2.39. The number of benzene rings is 3. The van der Waals surface area contributed by atoms with Gasteiger partial charge in [0.1, 0.15) is 12.4 Å². The second-order valence-electron chi connectivity index (χ2n) is 5.58. The molecule has 0 aromatic heterocycles. The molecule has 0 aliphatic carbocycles. The third kappa shape index (κ3) is 4.80. The van der Waals surface area contributed by atoms with Gasteiger partial charge in [0, 0.05) is 10.7 Å². The molecule has 0 N–H and O–H groups in total. The third-order valence-corrected chi connectivity index (χ3v) is 4.10. The maximum absolute atomic E-state index is 5.86. The van der Waals surface area contributed by atoms with Crippen LogP contribution < -0.4 is 4.74 Å². The highest BCUT2D eigenvalue weighted by Gasteiger charge is 1.98. The Balaban J connectivity index is 1.65. The zero-order chi connectivity index (χ0) is 16.8. The van der Waals surface area contributed by atoms with Crippen LogP contribution in [0.2, 0.25) is 0 Å². The number of nitrogens with zero attached hydrogens (tertiary/aromatic N) is 1. The van der Waals surface area contributed by atoms with Gasteiger partial charge < -0.3 is 4.74 Å². The van der Waals surface area contributed by atoms with Gasteiger partial charge in [0.15, 0.2) is 0 Å². The number of halogens is 1. The lowest BCUT2D eigenvalue weighted by atomic mass is 10.2. The van der Waals surface area contributed by atoms with Crippen molar-refractivity contribution < 1.29 is 4.74 Å². The van der Waals surface area contributed by atoms with Crippen molar-refractivity contribution in [1.82, 2.24) is 0 Å². The van der Waals surface area contributed by atoms with E-state index in [1.165, 1.54) is 5.56 Å². The molecular weight excluding hydrogens is 362 g/mol. The van der Waals surface area contributed by atoms with Crippen molar-refractivity contribution >= 4 is 27.8 Å². The van der Waals surface area contributed by atoms with Gasteiger partial charge in [0.05, 0.1) is 5.69 Å². The second-order valence-corrected chi connectivity index (χ2v) is 6.50. The lowest BCUT2D eigenvalue weighted by molar-refractivity contribution is 0.306. The fourth-order valence-corrected chi connectivity index (χ4v) is 2.48.